The second-order valence-electron chi connectivity index (χ2n) is 7.00. The Labute approximate surface area is 164 Å². The number of hydrogen-bond acceptors (Lipinski definition) is 6. The number of anilines is 1. The normalized spacial score (nSPS) is 15.9. The topological polar surface area (TPSA) is 76.4 Å². The van der Waals surface area contributed by atoms with Crippen molar-refractivity contribution in [2.24, 2.45) is 4.99 Å². The molecule has 0 amide bonds. The Hall–Kier alpha value is -3.35. The molecule has 4 rings (SSSR count). The van der Waals surface area contributed by atoms with E-state index in [-0.39, 0.29) is 6.04 Å². The summed E-state index contributed by atoms with van der Waals surface area (Å²) in [4.78, 5) is 13.7. The van der Waals surface area contributed by atoms with E-state index in [1.54, 1.807) is 13.4 Å². The first-order valence-corrected chi connectivity index (χ1v) is 9.25. The van der Waals surface area contributed by atoms with E-state index in [4.69, 9.17) is 9.73 Å². The quantitative estimate of drug-likeness (QED) is 0.731. The molecule has 1 aliphatic heterocycles. The molecule has 2 aromatic heterocycles. The average molecular weight is 376 g/mol. The molecule has 0 saturated carbocycles. The number of nitrogens with one attached hydrogen (secondary N) is 2. The van der Waals surface area contributed by atoms with Crippen LogP contribution in [0.15, 0.2) is 47.8 Å². The summed E-state index contributed by atoms with van der Waals surface area (Å²) in [6.07, 6.45) is 3.71. The fraction of sp³-hybridized carbons (Fsp3) is 0.286. The van der Waals surface area contributed by atoms with Crippen molar-refractivity contribution in [1.82, 2.24) is 19.9 Å². The van der Waals surface area contributed by atoms with E-state index in [9.17, 15) is 0 Å². The highest BCUT2D eigenvalue weighted by atomic mass is 16.5. The van der Waals surface area contributed by atoms with E-state index in [0.29, 0.717) is 12.4 Å². The molecule has 0 spiro atoms. The third-order valence-electron chi connectivity index (χ3n) is 4.78. The Bertz CT molecular complexity index is 1040. The summed E-state index contributed by atoms with van der Waals surface area (Å²) >= 11 is 0. The van der Waals surface area contributed by atoms with Crippen molar-refractivity contribution in [2.45, 2.75) is 26.8 Å². The summed E-state index contributed by atoms with van der Waals surface area (Å²) in [6.45, 7) is 6.80. The van der Waals surface area contributed by atoms with Crippen molar-refractivity contribution in [3.63, 3.8) is 0 Å². The average Bonchev–Trinajstić information content (AvgIpc) is 3.33. The Morgan fingerprint density at radius 2 is 2.04 bits per heavy atom. The fourth-order valence-corrected chi connectivity index (χ4v) is 3.22. The molecule has 0 radical (unpaired) electrons. The van der Waals surface area contributed by atoms with Gasteiger partial charge in [-0.2, -0.15) is 0 Å². The lowest BCUT2D eigenvalue weighted by molar-refractivity contribution is 0.393. The molecule has 3 aromatic rings. The lowest BCUT2D eigenvalue weighted by Crippen LogP contribution is -2.26. The number of aliphatic imine (C=N–C) groups is 1. The standard InChI is InChI=1S/C21H24N6O/c1-13-5-6-14(2)17(9-13)25-21-22-10-18(26-21)16-7-8-19(20(24-16)28-4)27-11-15(3)23-12-27/h5-9,11-12,18H,10H2,1-4H3,(H2,22,25,26). The number of methoxy groups -OCH3 is 1. The Kier molecular flexibility index (Phi) is 4.73. The van der Waals surface area contributed by atoms with Crippen LogP contribution in [-0.4, -0.2) is 34.1 Å². The predicted molar refractivity (Wildman–Crippen MR) is 110 cm³/mol. The maximum atomic E-state index is 5.52. The minimum Gasteiger partial charge on any atom is -0.479 e. The van der Waals surface area contributed by atoms with Gasteiger partial charge in [0.15, 0.2) is 5.96 Å². The predicted octanol–water partition coefficient (Wildman–Crippen LogP) is 3.31. The van der Waals surface area contributed by atoms with Gasteiger partial charge in [-0.05, 0) is 50.1 Å². The molecule has 0 bridgehead atoms. The molecule has 0 saturated heterocycles. The first-order valence-electron chi connectivity index (χ1n) is 9.25. The van der Waals surface area contributed by atoms with Gasteiger partial charge in [-0.25, -0.2) is 15.0 Å². The van der Waals surface area contributed by atoms with Crippen molar-refractivity contribution in [3.8, 4) is 11.6 Å². The molecule has 7 heteroatoms. The number of rotatable bonds is 4. The number of aromatic nitrogens is 3. The van der Waals surface area contributed by atoms with E-state index >= 15 is 0 Å². The monoisotopic (exact) mass is 376 g/mol. The molecule has 1 unspecified atom stereocenters. The van der Waals surface area contributed by atoms with Gasteiger partial charge >= 0.3 is 0 Å². The zero-order chi connectivity index (χ0) is 19.7. The zero-order valence-corrected chi connectivity index (χ0v) is 16.5. The molecule has 1 aliphatic rings. The molecule has 144 valence electrons. The lowest BCUT2D eigenvalue weighted by atomic mass is 10.1. The second kappa shape index (κ2) is 7.34. The number of benzene rings is 1. The highest BCUT2D eigenvalue weighted by Crippen LogP contribution is 2.26. The molecule has 3 heterocycles. The van der Waals surface area contributed by atoms with E-state index in [2.05, 4.69) is 52.6 Å². The maximum Gasteiger partial charge on any atom is 0.238 e. The first-order chi connectivity index (χ1) is 13.5. The Morgan fingerprint density at radius 3 is 2.79 bits per heavy atom. The van der Waals surface area contributed by atoms with Crippen molar-refractivity contribution in [2.75, 3.05) is 19.0 Å². The van der Waals surface area contributed by atoms with Crippen molar-refractivity contribution in [1.29, 1.82) is 0 Å². The number of hydrogen-bond donors (Lipinski definition) is 2. The molecule has 0 aliphatic carbocycles. The van der Waals surface area contributed by atoms with Crippen molar-refractivity contribution in [3.05, 3.63) is 65.4 Å². The van der Waals surface area contributed by atoms with Crippen LogP contribution in [0, 0.1) is 20.8 Å². The van der Waals surface area contributed by atoms with E-state index in [1.165, 1.54) is 11.1 Å². The van der Waals surface area contributed by atoms with Crippen LogP contribution in [0.3, 0.4) is 0 Å². The van der Waals surface area contributed by atoms with Crippen LogP contribution in [0.25, 0.3) is 5.69 Å². The highest BCUT2D eigenvalue weighted by Gasteiger charge is 2.22. The van der Waals surface area contributed by atoms with Gasteiger partial charge in [0.05, 0.1) is 24.8 Å². The van der Waals surface area contributed by atoms with Crippen LogP contribution in [0.4, 0.5) is 5.69 Å². The van der Waals surface area contributed by atoms with Gasteiger partial charge in [-0.1, -0.05) is 12.1 Å². The number of ether oxygens (including phenoxy) is 1. The molecule has 0 fully saturated rings. The molecule has 1 atom stereocenters. The zero-order valence-electron chi connectivity index (χ0n) is 16.5. The van der Waals surface area contributed by atoms with E-state index in [0.717, 1.165) is 28.7 Å². The summed E-state index contributed by atoms with van der Waals surface area (Å²) in [6, 6.07) is 10.2. The van der Waals surface area contributed by atoms with Crippen LogP contribution < -0.4 is 15.4 Å². The number of guanidine groups is 1. The van der Waals surface area contributed by atoms with Crippen LogP contribution in [0.1, 0.15) is 28.6 Å². The fourth-order valence-electron chi connectivity index (χ4n) is 3.22. The van der Waals surface area contributed by atoms with E-state index < -0.39 is 0 Å². The van der Waals surface area contributed by atoms with E-state index in [1.807, 2.05) is 29.8 Å². The lowest BCUT2D eigenvalue weighted by Gasteiger charge is -2.11. The smallest absolute Gasteiger partial charge is 0.238 e. The van der Waals surface area contributed by atoms with Crippen LogP contribution in [0.5, 0.6) is 5.88 Å². The van der Waals surface area contributed by atoms with Crippen molar-refractivity contribution < 1.29 is 4.74 Å². The highest BCUT2D eigenvalue weighted by molar-refractivity contribution is 5.95. The first kappa shape index (κ1) is 18.0. The summed E-state index contributed by atoms with van der Waals surface area (Å²) in [7, 11) is 1.63. The Morgan fingerprint density at radius 1 is 1.18 bits per heavy atom. The largest absolute Gasteiger partial charge is 0.479 e. The molecule has 1 aromatic carbocycles. The number of pyridine rings is 1. The third kappa shape index (κ3) is 3.55. The van der Waals surface area contributed by atoms with Gasteiger partial charge in [0.1, 0.15) is 11.7 Å². The molecule has 7 nitrogen and oxygen atoms in total. The summed E-state index contributed by atoms with van der Waals surface area (Å²) < 4.78 is 7.43. The van der Waals surface area contributed by atoms with Gasteiger partial charge in [0, 0.05) is 18.4 Å². The van der Waals surface area contributed by atoms with Gasteiger partial charge in [0.25, 0.3) is 0 Å². The molecule has 2 N–H and O–H groups in total. The third-order valence-corrected chi connectivity index (χ3v) is 4.78. The summed E-state index contributed by atoms with van der Waals surface area (Å²) in [5.41, 5.74) is 6.11. The number of aryl methyl sites for hydroxylation is 3. The molecule has 28 heavy (non-hydrogen) atoms. The van der Waals surface area contributed by atoms with Gasteiger partial charge in [0.2, 0.25) is 5.88 Å². The van der Waals surface area contributed by atoms with Crippen molar-refractivity contribution >= 4 is 11.6 Å². The van der Waals surface area contributed by atoms with Gasteiger partial charge in [-0.3, -0.25) is 0 Å². The van der Waals surface area contributed by atoms with Crippen LogP contribution >= 0.6 is 0 Å². The molecular formula is C21H24N6O. The van der Waals surface area contributed by atoms with Crippen LogP contribution in [0.2, 0.25) is 0 Å². The second-order valence-corrected chi connectivity index (χ2v) is 7.00. The number of nitrogens with zero attached hydrogens (tertiary/aromatic N) is 4. The summed E-state index contributed by atoms with van der Waals surface area (Å²) in [5.74, 6) is 1.31. The molecular weight excluding hydrogens is 352 g/mol. The van der Waals surface area contributed by atoms with Gasteiger partial charge < -0.3 is 19.9 Å². The SMILES string of the molecule is COc1nc(C2CNC(Nc3cc(C)ccc3C)=N2)ccc1-n1cnc(C)c1. The maximum absolute atomic E-state index is 5.52. The minimum atomic E-state index is -0.0694. The minimum absolute atomic E-state index is 0.0694. The number of imidazole rings is 1. The van der Waals surface area contributed by atoms with Gasteiger partial charge in [-0.15, -0.1) is 0 Å². The van der Waals surface area contributed by atoms with Crippen LogP contribution in [-0.2, 0) is 0 Å². The Balaban J connectivity index is 1.57. The summed E-state index contributed by atoms with van der Waals surface area (Å²) in [5, 5.41) is 6.72.